The average molecular weight is 261 g/mol. The van der Waals surface area contributed by atoms with Gasteiger partial charge in [0.1, 0.15) is 5.75 Å². The van der Waals surface area contributed by atoms with Gasteiger partial charge >= 0.3 is 0 Å². The van der Waals surface area contributed by atoms with Crippen LogP contribution in [0.2, 0.25) is 0 Å². The lowest BCUT2D eigenvalue weighted by atomic mass is 10.2. The normalized spacial score (nSPS) is 12.4. The molecule has 6 heteroatoms. The Morgan fingerprint density at radius 1 is 1.32 bits per heavy atom. The summed E-state index contributed by atoms with van der Waals surface area (Å²) in [5, 5.41) is 14.9. The molecule has 1 aromatic heterocycles. The summed E-state index contributed by atoms with van der Waals surface area (Å²) < 4.78 is 7.28. The molecule has 0 aliphatic heterocycles. The highest BCUT2D eigenvalue weighted by Crippen LogP contribution is 2.17. The zero-order valence-electron chi connectivity index (χ0n) is 11.5. The number of hydrogen-bond donors (Lipinski definition) is 1. The van der Waals surface area contributed by atoms with Crippen molar-refractivity contribution >= 4 is 0 Å². The molecule has 102 valence electrons. The second-order valence-corrected chi connectivity index (χ2v) is 4.30. The summed E-state index contributed by atoms with van der Waals surface area (Å²) in [6, 6.07) is 7.85. The van der Waals surface area contributed by atoms with Crippen molar-refractivity contribution in [2.75, 3.05) is 13.7 Å². The van der Waals surface area contributed by atoms with Gasteiger partial charge in [-0.1, -0.05) is 6.92 Å². The topological polar surface area (TPSA) is 64.9 Å². The number of nitrogens with one attached hydrogen (secondary N) is 1. The molecule has 2 aromatic rings. The molecule has 6 nitrogen and oxygen atoms in total. The van der Waals surface area contributed by atoms with Gasteiger partial charge in [0.05, 0.1) is 18.3 Å². The Hall–Kier alpha value is -1.95. The first kappa shape index (κ1) is 13.5. The molecule has 1 N–H and O–H groups in total. The highest BCUT2D eigenvalue weighted by molar-refractivity contribution is 5.37. The molecule has 1 unspecified atom stereocenters. The van der Waals surface area contributed by atoms with Crippen molar-refractivity contribution in [2.45, 2.75) is 26.3 Å². The number of rotatable bonds is 6. The molecule has 0 fully saturated rings. The van der Waals surface area contributed by atoms with E-state index in [1.54, 1.807) is 4.68 Å². The van der Waals surface area contributed by atoms with Crippen molar-refractivity contribution in [3.8, 4) is 11.4 Å². The van der Waals surface area contributed by atoms with Crippen molar-refractivity contribution < 1.29 is 4.74 Å². The van der Waals surface area contributed by atoms with Crippen LogP contribution in [0.4, 0.5) is 0 Å². The van der Waals surface area contributed by atoms with E-state index in [9.17, 15) is 0 Å². The third-order valence-electron chi connectivity index (χ3n) is 2.87. The zero-order valence-corrected chi connectivity index (χ0v) is 11.5. The molecule has 0 spiro atoms. The fraction of sp³-hybridized carbons (Fsp3) is 0.462. The minimum atomic E-state index is 0.0889. The Balaban J connectivity index is 2.20. The number of tetrazole rings is 1. The maximum absolute atomic E-state index is 5.55. The predicted molar refractivity (Wildman–Crippen MR) is 72.4 cm³/mol. The summed E-state index contributed by atoms with van der Waals surface area (Å²) in [5.41, 5.74) is 0.922. The third-order valence-corrected chi connectivity index (χ3v) is 2.87. The van der Waals surface area contributed by atoms with Crippen LogP contribution in [-0.4, -0.2) is 33.9 Å². The summed E-state index contributed by atoms with van der Waals surface area (Å²) in [5.74, 6) is 1.65. The van der Waals surface area contributed by atoms with Gasteiger partial charge < -0.3 is 10.1 Å². The van der Waals surface area contributed by atoms with Crippen LogP contribution in [0.5, 0.6) is 5.75 Å². The summed E-state index contributed by atoms with van der Waals surface area (Å²) >= 11 is 0. The van der Waals surface area contributed by atoms with Crippen LogP contribution in [0.3, 0.4) is 0 Å². The van der Waals surface area contributed by atoms with Crippen LogP contribution in [0.25, 0.3) is 5.69 Å². The molecule has 0 aliphatic carbocycles. The van der Waals surface area contributed by atoms with Crippen molar-refractivity contribution in [1.29, 1.82) is 0 Å². The molecular weight excluding hydrogens is 242 g/mol. The molecule has 2 rings (SSSR count). The van der Waals surface area contributed by atoms with Gasteiger partial charge in [-0.05, 0) is 55.1 Å². The van der Waals surface area contributed by atoms with Crippen LogP contribution >= 0.6 is 0 Å². The van der Waals surface area contributed by atoms with Gasteiger partial charge in [0.2, 0.25) is 0 Å². The van der Waals surface area contributed by atoms with Crippen LogP contribution in [-0.2, 0) is 0 Å². The van der Waals surface area contributed by atoms with E-state index in [-0.39, 0.29) is 6.04 Å². The second kappa shape index (κ2) is 6.29. The lowest BCUT2D eigenvalue weighted by Crippen LogP contribution is -2.17. The SMILES string of the molecule is CCCOc1ccc(-n2nnnc2C(C)NC)cc1. The molecule has 1 atom stereocenters. The smallest absolute Gasteiger partial charge is 0.173 e. The van der Waals surface area contributed by atoms with Crippen molar-refractivity contribution in [3.63, 3.8) is 0 Å². The Morgan fingerprint density at radius 3 is 2.68 bits per heavy atom. The quantitative estimate of drug-likeness (QED) is 0.858. The Kier molecular flexibility index (Phi) is 4.46. The van der Waals surface area contributed by atoms with Gasteiger partial charge in [0.25, 0.3) is 0 Å². The van der Waals surface area contributed by atoms with E-state index in [2.05, 4.69) is 27.8 Å². The third kappa shape index (κ3) is 3.08. The fourth-order valence-corrected chi connectivity index (χ4v) is 1.68. The molecule has 0 saturated carbocycles. The Morgan fingerprint density at radius 2 is 2.05 bits per heavy atom. The van der Waals surface area contributed by atoms with E-state index in [0.717, 1.165) is 30.3 Å². The van der Waals surface area contributed by atoms with Crippen LogP contribution in [0.1, 0.15) is 32.1 Å². The summed E-state index contributed by atoms with van der Waals surface area (Å²) in [7, 11) is 1.88. The maximum atomic E-state index is 5.55. The Bertz CT molecular complexity index is 508. The summed E-state index contributed by atoms with van der Waals surface area (Å²) in [4.78, 5) is 0. The molecule has 0 saturated heterocycles. The van der Waals surface area contributed by atoms with Gasteiger partial charge in [-0.3, -0.25) is 0 Å². The van der Waals surface area contributed by atoms with Gasteiger partial charge in [-0.2, -0.15) is 4.68 Å². The highest BCUT2D eigenvalue weighted by atomic mass is 16.5. The standard InChI is InChI=1S/C13H19N5O/c1-4-9-19-12-7-5-11(6-8-12)18-13(10(2)14-3)15-16-17-18/h5-8,10,14H,4,9H2,1-3H3. The molecule has 0 radical (unpaired) electrons. The first-order chi connectivity index (χ1) is 9.26. The predicted octanol–water partition coefficient (Wildman–Crippen LogP) is 1.73. The van der Waals surface area contributed by atoms with E-state index in [4.69, 9.17) is 4.74 Å². The average Bonchev–Trinajstić information content (AvgIpc) is 2.94. The second-order valence-electron chi connectivity index (χ2n) is 4.30. The molecule has 1 heterocycles. The van der Waals surface area contributed by atoms with E-state index in [0.29, 0.717) is 0 Å². The van der Waals surface area contributed by atoms with Gasteiger partial charge in [-0.15, -0.1) is 5.10 Å². The number of ether oxygens (including phenoxy) is 1. The van der Waals surface area contributed by atoms with Crippen LogP contribution in [0, 0.1) is 0 Å². The van der Waals surface area contributed by atoms with Gasteiger partial charge in [0.15, 0.2) is 5.82 Å². The van der Waals surface area contributed by atoms with Crippen LogP contribution < -0.4 is 10.1 Å². The number of hydrogen-bond acceptors (Lipinski definition) is 5. The number of aromatic nitrogens is 4. The molecule has 0 bridgehead atoms. The van der Waals surface area contributed by atoms with E-state index in [1.807, 2.05) is 38.2 Å². The largest absolute Gasteiger partial charge is 0.494 e. The first-order valence-corrected chi connectivity index (χ1v) is 6.45. The van der Waals surface area contributed by atoms with E-state index < -0.39 is 0 Å². The zero-order chi connectivity index (χ0) is 13.7. The summed E-state index contributed by atoms with van der Waals surface area (Å²) in [6.07, 6.45) is 0.999. The molecule has 1 aromatic carbocycles. The van der Waals surface area contributed by atoms with Crippen molar-refractivity contribution in [1.82, 2.24) is 25.5 Å². The number of benzene rings is 1. The molecule has 19 heavy (non-hydrogen) atoms. The first-order valence-electron chi connectivity index (χ1n) is 6.45. The fourth-order valence-electron chi connectivity index (χ4n) is 1.68. The summed E-state index contributed by atoms with van der Waals surface area (Å²) in [6.45, 7) is 4.83. The monoisotopic (exact) mass is 261 g/mol. The van der Waals surface area contributed by atoms with E-state index in [1.165, 1.54) is 0 Å². The van der Waals surface area contributed by atoms with Gasteiger partial charge in [0, 0.05) is 0 Å². The van der Waals surface area contributed by atoms with Gasteiger partial charge in [-0.25, -0.2) is 0 Å². The van der Waals surface area contributed by atoms with Crippen molar-refractivity contribution in [3.05, 3.63) is 30.1 Å². The Labute approximate surface area is 112 Å². The minimum absolute atomic E-state index is 0.0889. The molecule has 0 amide bonds. The lowest BCUT2D eigenvalue weighted by molar-refractivity contribution is 0.317. The van der Waals surface area contributed by atoms with E-state index >= 15 is 0 Å². The van der Waals surface area contributed by atoms with Crippen LogP contribution in [0.15, 0.2) is 24.3 Å². The highest BCUT2D eigenvalue weighted by Gasteiger charge is 2.13. The lowest BCUT2D eigenvalue weighted by Gasteiger charge is -2.11. The van der Waals surface area contributed by atoms with Crippen molar-refractivity contribution in [2.24, 2.45) is 0 Å². The molecular formula is C13H19N5O. The molecule has 0 aliphatic rings. The minimum Gasteiger partial charge on any atom is -0.494 e. The maximum Gasteiger partial charge on any atom is 0.173 e. The number of nitrogens with zero attached hydrogens (tertiary/aromatic N) is 4.